The minimum absolute atomic E-state index is 0.122. The van der Waals surface area contributed by atoms with Crippen molar-refractivity contribution in [3.63, 3.8) is 0 Å². The number of amides is 1. The number of nitrogens with one attached hydrogen (secondary N) is 2. The molecule has 0 bridgehead atoms. The van der Waals surface area contributed by atoms with Crippen molar-refractivity contribution in [2.45, 2.75) is 25.8 Å². The number of aliphatic carboxylic acids is 1. The first-order chi connectivity index (χ1) is 10.5. The highest BCUT2D eigenvalue weighted by Gasteiger charge is 2.23. The summed E-state index contributed by atoms with van der Waals surface area (Å²) in [6, 6.07) is 5.25. The summed E-state index contributed by atoms with van der Waals surface area (Å²) in [5, 5.41) is 18.2. The second-order valence-corrected chi connectivity index (χ2v) is 4.82. The predicted molar refractivity (Wildman–Crippen MR) is 76.8 cm³/mol. The van der Waals surface area contributed by atoms with Gasteiger partial charge in [-0.25, -0.2) is 9.18 Å². The first-order valence-corrected chi connectivity index (χ1v) is 6.84. The molecule has 1 aromatic heterocycles. The molecule has 0 spiro atoms. The standard InChI is InChI=1S/C15H16FN3O3/c1-2-3-11-8-12(19-18-11)14(20)17-13(15(21)22)9-4-6-10(16)7-5-9/h4-8,13H,2-3H2,1H3,(H,17,20)(H,18,19)(H,21,22). The van der Waals surface area contributed by atoms with Crippen LogP contribution >= 0.6 is 0 Å². The number of benzene rings is 1. The topological polar surface area (TPSA) is 95.1 Å². The predicted octanol–water partition coefficient (Wildman–Crippen LogP) is 2.06. The van der Waals surface area contributed by atoms with Crippen molar-refractivity contribution in [2.75, 3.05) is 0 Å². The van der Waals surface area contributed by atoms with Crippen molar-refractivity contribution >= 4 is 11.9 Å². The zero-order valence-electron chi connectivity index (χ0n) is 12.0. The maximum atomic E-state index is 12.9. The summed E-state index contributed by atoms with van der Waals surface area (Å²) in [5.41, 5.74) is 1.21. The van der Waals surface area contributed by atoms with Gasteiger partial charge in [-0.1, -0.05) is 25.5 Å². The molecule has 2 rings (SSSR count). The number of carboxylic acid groups (broad SMARTS) is 1. The summed E-state index contributed by atoms with van der Waals surface area (Å²) in [6.07, 6.45) is 1.65. The Balaban J connectivity index is 2.14. The van der Waals surface area contributed by atoms with Crippen LogP contribution in [-0.4, -0.2) is 27.2 Å². The molecule has 0 fully saturated rings. The van der Waals surface area contributed by atoms with Crippen LogP contribution in [0.1, 0.15) is 41.1 Å². The quantitative estimate of drug-likeness (QED) is 0.761. The molecule has 1 amide bonds. The fourth-order valence-electron chi connectivity index (χ4n) is 2.02. The first kappa shape index (κ1) is 15.7. The molecule has 1 aromatic carbocycles. The fourth-order valence-corrected chi connectivity index (χ4v) is 2.02. The third-order valence-electron chi connectivity index (χ3n) is 3.11. The van der Waals surface area contributed by atoms with E-state index in [-0.39, 0.29) is 11.3 Å². The Bertz CT molecular complexity index is 667. The molecule has 0 aliphatic heterocycles. The molecule has 2 aromatic rings. The lowest BCUT2D eigenvalue weighted by Crippen LogP contribution is -2.34. The van der Waals surface area contributed by atoms with Crippen LogP contribution < -0.4 is 5.32 Å². The second-order valence-electron chi connectivity index (χ2n) is 4.82. The molecular weight excluding hydrogens is 289 g/mol. The van der Waals surface area contributed by atoms with Gasteiger partial charge >= 0.3 is 5.97 Å². The summed E-state index contributed by atoms with van der Waals surface area (Å²) in [7, 11) is 0. The average Bonchev–Trinajstić information content (AvgIpc) is 2.94. The largest absolute Gasteiger partial charge is 0.479 e. The van der Waals surface area contributed by atoms with Crippen LogP contribution in [0.2, 0.25) is 0 Å². The van der Waals surface area contributed by atoms with E-state index in [2.05, 4.69) is 15.5 Å². The Morgan fingerprint density at radius 2 is 2.05 bits per heavy atom. The molecule has 22 heavy (non-hydrogen) atoms. The number of hydrogen-bond donors (Lipinski definition) is 3. The SMILES string of the molecule is CCCc1cc(C(=O)NC(C(=O)O)c2ccc(F)cc2)n[nH]1. The van der Waals surface area contributed by atoms with E-state index < -0.39 is 23.7 Å². The van der Waals surface area contributed by atoms with Crippen molar-refractivity contribution in [1.29, 1.82) is 0 Å². The van der Waals surface area contributed by atoms with Crippen molar-refractivity contribution < 1.29 is 19.1 Å². The van der Waals surface area contributed by atoms with Gasteiger partial charge in [0.05, 0.1) is 0 Å². The Morgan fingerprint density at radius 3 is 2.64 bits per heavy atom. The highest BCUT2D eigenvalue weighted by atomic mass is 19.1. The number of hydrogen-bond acceptors (Lipinski definition) is 3. The number of aromatic nitrogens is 2. The van der Waals surface area contributed by atoms with E-state index in [0.717, 1.165) is 30.7 Å². The van der Waals surface area contributed by atoms with Crippen molar-refractivity contribution in [2.24, 2.45) is 0 Å². The molecule has 1 unspecified atom stereocenters. The summed E-state index contributed by atoms with van der Waals surface area (Å²) in [4.78, 5) is 23.4. The van der Waals surface area contributed by atoms with E-state index in [9.17, 15) is 19.1 Å². The van der Waals surface area contributed by atoms with Crippen molar-refractivity contribution in [3.8, 4) is 0 Å². The number of aryl methyl sites for hydroxylation is 1. The van der Waals surface area contributed by atoms with Crippen molar-refractivity contribution in [1.82, 2.24) is 15.5 Å². The van der Waals surface area contributed by atoms with E-state index in [1.54, 1.807) is 6.07 Å². The van der Waals surface area contributed by atoms with Crippen LogP contribution in [0.4, 0.5) is 4.39 Å². The number of H-pyrrole nitrogens is 1. The van der Waals surface area contributed by atoms with E-state index in [0.29, 0.717) is 0 Å². The number of aromatic amines is 1. The average molecular weight is 305 g/mol. The molecular formula is C15H16FN3O3. The lowest BCUT2D eigenvalue weighted by molar-refractivity contribution is -0.139. The molecule has 7 heteroatoms. The Morgan fingerprint density at radius 1 is 1.36 bits per heavy atom. The zero-order chi connectivity index (χ0) is 16.1. The summed E-state index contributed by atoms with van der Waals surface area (Å²) in [6.45, 7) is 2.00. The van der Waals surface area contributed by atoms with Gasteiger partial charge in [-0.3, -0.25) is 9.89 Å². The van der Waals surface area contributed by atoms with Gasteiger partial charge in [-0.2, -0.15) is 5.10 Å². The highest BCUT2D eigenvalue weighted by molar-refractivity contribution is 5.95. The molecule has 116 valence electrons. The van der Waals surface area contributed by atoms with Crippen LogP contribution in [0.3, 0.4) is 0 Å². The smallest absolute Gasteiger partial charge is 0.330 e. The number of rotatable bonds is 6. The van der Waals surface area contributed by atoms with Gasteiger partial charge in [0.25, 0.3) is 5.91 Å². The number of nitrogens with zero attached hydrogens (tertiary/aromatic N) is 1. The molecule has 0 saturated carbocycles. The van der Waals surface area contributed by atoms with E-state index in [4.69, 9.17) is 0 Å². The first-order valence-electron chi connectivity index (χ1n) is 6.84. The maximum absolute atomic E-state index is 12.9. The number of carboxylic acids is 1. The van der Waals surface area contributed by atoms with Crippen LogP contribution in [-0.2, 0) is 11.2 Å². The van der Waals surface area contributed by atoms with Gasteiger partial charge < -0.3 is 10.4 Å². The monoisotopic (exact) mass is 305 g/mol. The molecule has 6 nitrogen and oxygen atoms in total. The highest BCUT2D eigenvalue weighted by Crippen LogP contribution is 2.15. The molecule has 0 saturated heterocycles. The Hall–Kier alpha value is -2.70. The number of carbonyl (C=O) groups is 2. The van der Waals surface area contributed by atoms with E-state index in [1.807, 2.05) is 6.92 Å². The lowest BCUT2D eigenvalue weighted by atomic mass is 10.1. The Kier molecular flexibility index (Phi) is 4.88. The minimum Gasteiger partial charge on any atom is -0.479 e. The lowest BCUT2D eigenvalue weighted by Gasteiger charge is -2.14. The Labute approximate surface area is 126 Å². The van der Waals surface area contributed by atoms with Crippen LogP contribution in [0, 0.1) is 5.82 Å². The zero-order valence-corrected chi connectivity index (χ0v) is 12.0. The van der Waals surface area contributed by atoms with Crippen LogP contribution in [0.25, 0.3) is 0 Å². The molecule has 0 aliphatic carbocycles. The second kappa shape index (κ2) is 6.84. The van der Waals surface area contributed by atoms with Crippen LogP contribution in [0.5, 0.6) is 0 Å². The maximum Gasteiger partial charge on any atom is 0.330 e. The molecule has 3 N–H and O–H groups in total. The molecule has 0 aliphatic rings. The van der Waals surface area contributed by atoms with E-state index in [1.165, 1.54) is 12.1 Å². The molecule has 1 atom stereocenters. The summed E-state index contributed by atoms with van der Waals surface area (Å²) in [5.74, 6) is -2.31. The summed E-state index contributed by atoms with van der Waals surface area (Å²) >= 11 is 0. The minimum atomic E-state index is -1.26. The number of carbonyl (C=O) groups excluding carboxylic acids is 1. The third kappa shape index (κ3) is 3.69. The van der Waals surface area contributed by atoms with Gasteiger partial charge in [0.15, 0.2) is 6.04 Å². The van der Waals surface area contributed by atoms with Gasteiger partial charge in [-0.05, 0) is 30.2 Å². The third-order valence-corrected chi connectivity index (χ3v) is 3.11. The van der Waals surface area contributed by atoms with Gasteiger partial charge in [0.1, 0.15) is 11.5 Å². The van der Waals surface area contributed by atoms with E-state index >= 15 is 0 Å². The number of halogens is 1. The van der Waals surface area contributed by atoms with Gasteiger partial charge in [0, 0.05) is 5.69 Å². The van der Waals surface area contributed by atoms with Gasteiger partial charge in [-0.15, -0.1) is 0 Å². The van der Waals surface area contributed by atoms with Crippen LogP contribution in [0.15, 0.2) is 30.3 Å². The molecule has 0 radical (unpaired) electrons. The normalized spacial score (nSPS) is 11.9. The van der Waals surface area contributed by atoms with Gasteiger partial charge in [0.2, 0.25) is 0 Å². The van der Waals surface area contributed by atoms with Crippen molar-refractivity contribution in [3.05, 3.63) is 53.1 Å². The fraction of sp³-hybridized carbons (Fsp3) is 0.267. The summed E-state index contributed by atoms with van der Waals surface area (Å²) < 4.78 is 12.9. The molecule has 1 heterocycles.